The van der Waals surface area contributed by atoms with Crippen LogP contribution in [0.5, 0.6) is 0 Å². The smallest absolute Gasteiger partial charge is 0.340 e. The van der Waals surface area contributed by atoms with Gasteiger partial charge in [0.05, 0.1) is 24.9 Å². The molecular formula is C28H40Br2N7O4S3+. The van der Waals surface area contributed by atoms with Gasteiger partial charge >= 0.3 is 11.6 Å². The first-order chi connectivity index (χ1) is 20.2. The number of aliphatic imine (C=N–C) groups is 2. The number of aromatic nitrogens is 1. The quantitative estimate of drug-likeness (QED) is 0.299. The normalized spacial score (nSPS) is 10.1. The number of nitrogens with zero attached hydrogens (tertiary/aromatic N) is 6. The lowest BCUT2D eigenvalue weighted by atomic mass is 10.2. The summed E-state index contributed by atoms with van der Waals surface area (Å²) in [6, 6.07) is -0.356. The van der Waals surface area contributed by atoms with Crippen molar-refractivity contribution < 1.29 is 20.1 Å². The van der Waals surface area contributed by atoms with Crippen molar-refractivity contribution in [1.29, 1.82) is 0 Å². The average Bonchev–Trinajstić information content (AvgIpc) is 3.51. The Bertz CT molecular complexity index is 1620. The molecule has 0 aromatic carbocycles. The van der Waals surface area contributed by atoms with E-state index in [0.29, 0.717) is 9.47 Å². The predicted molar refractivity (Wildman–Crippen MR) is 192 cm³/mol. The molecule has 0 spiro atoms. The van der Waals surface area contributed by atoms with Crippen molar-refractivity contribution in [2.75, 3.05) is 42.3 Å². The van der Waals surface area contributed by atoms with Gasteiger partial charge in [-0.2, -0.15) is 3.96 Å². The van der Waals surface area contributed by atoms with Gasteiger partial charge in [0.15, 0.2) is 3.79 Å². The molecule has 0 atom stereocenters. The third kappa shape index (κ3) is 10.5. The zero-order chi connectivity index (χ0) is 34.2. The number of quaternary nitrogens is 1. The molecule has 3 rings (SSSR count). The number of carbonyl (C=O) groups excluding carboxylic acids is 3. The molecule has 0 radical (unpaired) electrons. The van der Waals surface area contributed by atoms with E-state index in [2.05, 4.69) is 47.6 Å². The van der Waals surface area contributed by atoms with Crippen LogP contribution in [0.4, 0.5) is 21.9 Å². The topological polar surface area (TPSA) is 135 Å². The molecule has 0 fully saturated rings. The van der Waals surface area contributed by atoms with Crippen LogP contribution in [0.1, 0.15) is 58.2 Å². The van der Waals surface area contributed by atoms with Gasteiger partial charge in [0.1, 0.15) is 0 Å². The Kier molecular flexibility index (Phi) is 15.5. The van der Waals surface area contributed by atoms with E-state index < -0.39 is 0 Å². The van der Waals surface area contributed by atoms with E-state index in [-0.39, 0.29) is 23.4 Å². The van der Waals surface area contributed by atoms with E-state index in [0.717, 1.165) is 63.0 Å². The molecule has 11 nitrogen and oxygen atoms in total. The molecule has 3 amide bonds. The van der Waals surface area contributed by atoms with Crippen molar-refractivity contribution in [3.8, 4) is 0 Å². The Morgan fingerprint density at radius 2 is 1.30 bits per heavy atom. The SMILES string of the molecule is CC(C)=Nc1c(Br)sc(C(=O)N(C)C)c1C.CC(C)=Nc1csc(C(=O)N(C)C)c1C.CN(C)C(=O)n1sc(Br)c([NH3+])c1=O. The fraction of sp³-hybridized carbons (Fsp3) is 0.429. The van der Waals surface area contributed by atoms with Crippen molar-refractivity contribution in [3.63, 3.8) is 0 Å². The summed E-state index contributed by atoms with van der Waals surface area (Å²) in [4.78, 5) is 61.2. The van der Waals surface area contributed by atoms with Gasteiger partial charge in [-0.3, -0.25) is 24.4 Å². The number of hydrogen-bond donors (Lipinski definition) is 1. The van der Waals surface area contributed by atoms with Gasteiger partial charge in [-0.15, -0.1) is 22.7 Å². The second kappa shape index (κ2) is 17.3. The van der Waals surface area contributed by atoms with Crippen LogP contribution in [0.3, 0.4) is 0 Å². The highest BCUT2D eigenvalue weighted by Crippen LogP contribution is 2.40. The van der Waals surface area contributed by atoms with Gasteiger partial charge in [-0.1, -0.05) is 0 Å². The van der Waals surface area contributed by atoms with Gasteiger partial charge in [0, 0.05) is 59.1 Å². The van der Waals surface area contributed by atoms with Crippen LogP contribution in [-0.4, -0.2) is 90.2 Å². The Balaban J connectivity index is 0.000000332. The number of rotatable bonds is 4. The summed E-state index contributed by atoms with van der Waals surface area (Å²) < 4.78 is 2.57. The largest absolute Gasteiger partial charge is 0.344 e. The van der Waals surface area contributed by atoms with Crippen molar-refractivity contribution >= 4 is 112 Å². The van der Waals surface area contributed by atoms with Crippen molar-refractivity contribution in [2.45, 2.75) is 41.5 Å². The first-order valence-electron chi connectivity index (χ1n) is 13.0. The molecule has 0 aliphatic rings. The standard InChI is InChI=1S/C11H15BrN2OS.C11H16N2OS.C6H8BrN3O2S/c1-6(2)13-8-7(3)9(16-10(8)12)11(15)14(4)5;1-7(2)12-9-6-15-10(8(9)3)11(14)13(4)5;1-9(2)6(12)10-5(11)3(8)4(7)13-10/h1-5H3;6H,1-5H3;8H2,1-2H3/p+1. The summed E-state index contributed by atoms with van der Waals surface area (Å²) in [5, 5.41) is 1.93. The Morgan fingerprint density at radius 1 is 0.795 bits per heavy atom. The highest BCUT2D eigenvalue weighted by atomic mass is 79.9. The Morgan fingerprint density at radius 3 is 1.70 bits per heavy atom. The Hall–Kier alpha value is -2.50. The molecule has 242 valence electrons. The zero-order valence-corrected chi connectivity index (χ0v) is 32.7. The second-order valence-electron chi connectivity index (χ2n) is 10.4. The summed E-state index contributed by atoms with van der Waals surface area (Å²) in [6.07, 6.45) is 0. The molecule has 3 aromatic heterocycles. The van der Waals surface area contributed by atoms with E-state index in [1.54, 1.807) is 52.1 Å². The maximum Gasteiger partial charge on any atom is 0.340 e. The van der Waals surface area contributed by atoms with Gasteiger partial charge in [-0.25, -0.2) is 4.79 Å². The molecule has 0 saturated carbocycles. The molecule has 3 N–H and O–H groups in total. The molecule has 3 heterocycles. The van der Waals surface area contributed by atoms with E-state index in [1.165, 1.54) is 27.6 Å². The lowest BCUT2D eigenvalue weighted by Crippen LogP contribution is -2.47. The van der Waals surface area contributed by atoms with Crippen LogP contribution >= 0.6 is 66.1 Å². The number of carbonyl (C=O) groups is 3. The third-order valence-electron chi connectivity index (χ3n) is 5.37. The summed E-state index contributed by atoms with van der Waals surface area (Å²) in [5.74, 6) is 0.0751. The van der Waals surface area contributed by atoms with Gasteiger partial charge in [0.25, 0.3) is 11.8 Å². The molecule has 0 bridgehead atoms. The summed E-state index contributed by atoms with van der Waals surface area (Å²) in [5.41, 5.74) is 9.16. The lowest BCUT2D eigenvalue weighted by Gasteiger charge is -2.08. The summed E-state index contributed by atoms with van der Waals surface area (Å²) in [7, 11) is 10.2. The monoisotopic (exact) mass is 792 g/mol. The van der Waals surface area contributed by atoms with E-state index in [4.69, 9.17) is 0 Å². The molecule has 3 aromatic rings. The fourth-order valence-electron chi connectivity index (χ4n) is 3.09. The van der Waals surface area contributed by atoms with Gasteiger partial charge in [-0.05, 0) is 96.1 Å². The van der Waals surface area contributed by atoms with E-state index in [1.807, 2.05) is 46.9 Å². The van der Waals surface area contributed by atoms with Crippen molar-refractivity contribution in [1.82, 2.24) is 18.7 Å². The minimum absolute atomic E-state index is 0.0263. The van der Waals surface area contributed by atoms with Crippen LogP contribution in [0, 0.1) is 13.8 Å². The van der Waals surface area contributed by atoms with Crippen LogP contribution in [0.15, 0.2) is 27.7 Å². The maximum atomic E-state index is 11.9. The van der Waals surface area contributed by atoms with Crippen LogP contribution in [0.25, 0.3) is 0 Å². The van der Waals surface area contributed by atoms with Crippen LogP contribution in [0.2, 0.25) is 0 Å². The third-order valence-corrected chi connectivity index (χ3v) is 10.2. The van der Waals surface area contributed by atoms with Gasteiger partial charge < -0.3 is 20.4 Å². The van der Waals surface area contributed by atoms with E-state index >= 15 is 0 Å². The molecule has 44 heavy (non-hydrogen) atoms. The lowest BCUT2D eigenvalue weighted by molar-refractivity contribution is -0.257. The van der Waals surface area contributed by atoms with Crippen LogP contribution < -0.4 is 11.3 Å². The molecular weight excluding hydrogens is 754 g/mol. The number of halogens is 2. The first kappa shape index (κ1) is 39.5. The molecule has 0 aliphatic heterocycles. The van der Waals surface area contributed by atoms with Crippen LogP contribution in [-0.2, 0) is 0 Å². The minimum atomic E-state index is -0.365. The van der Waals surface area contributed by atoms with Crippen molar-refractivity contribution in [2.24, 2.45) is 9.98 Å². The molecule has 0 aliphatic carbocycles. The summed E-state index contributed by atoms with van der Waals surface area (Å²) in [6.45, 7) is 11.7. The van der Waals surface area contributed by atoms with E-state index in [9.17, 15) is 19.2 Å². The first-order valence-corrected chi connectivity index (χ1v) is 17.1. The Labute approximate surface area is 287 Å². The maximum absolute atomic E-state index is 11.9. The number of thiophene rings is 2. The fourth-order valence-corrected chi connectivity index (χ4v) is 7.38. The zero-order valence-electron chi connectivity index (χ0n) is 27.1. The molecule has 16 heteroatoms. The average molecular weight is 795 g/mol. The van der Waals surface area contributed by atoms with Gasteiger partial charge in [0.2, 0.25) is 5.69 Å². The minimum Gasteiger partial charge on any atom is -0.344 e. The number of amides is 3. The predicted octanol–water partition coefficient (Wildman–Crippen LogP) is 6.58. The molecule has 0 saturated heterocycles. The molecule has 0 unspecified atom stereocenters. The highest BCUT2D eigenvalue weighted by Gasteiger charge is 2.21. The highest BCUT2D eigenvalue weighted by molar-refractivity contribution is 9.11. The van der Waals surface area contributed by atoms with Crippen molar-refractivity contribution in [3.05, 3.63) is 44.2 Å². The second-order valence-corrected chi connectivity index (χ2v) is 15.9. The number of hydrogen-bond acceptors (Lipinski definition) is 9. The summed E-state index contributed by atoms with van der Waals surface area (Å²) >= 11 is 10.5.